The molecular weight excluding hydrogens is 244 g/mol. The fourth-order valence-electron chi connectivity index (χ4n) is 1.53. The molecule has 0 aromatic carbocycles. The van der Waals surface area contributed by atoms with Gasteiger partial charge in [-0.2, -0.15) is 4.98 Å². The molecule has 0 bridgehead atoms. The van der Waals surface area contributed by atoms with Gasteiger partial charge < -0.3 is 15.2 Å². The molecule has 0 saturated carbocycles. The van der Waals surface area contributed by atoms with Gasteiger partial charge in [0.15, 0.2) is 5.82 Å². The van der Waals surface area contributed by atoms with E-state index in [0.717, 1.165) is 24.0 Å². The van der Waals surface area contributed by atoms with Crippen LogP contribution in [0, 0.1) is 0 Å². The van der Waals surface area contributed by atoms with Gasteiger partial charge in [0, 0.05) is 18.5 Å². The number of hydrogen-bond donors (Lipinski definition) is 2. The van der Waals surface area contributed by atoms with Crippen LogP contribution in [0.3, 0.4) is 0 Å². The highest BCUT2D eigenvalue weighted by Gasteiger charge is 2.08. The molecule has 19 heavy (non-hydrogen) atoms. The Morgan fingerprint density at radius 2 is 1.95 bits per heavy atom. The Morgan fingerprint density at radius 1 is 1.21 bits per heavy atom. The van der Waals surface area contributed by atoms with Crippen LogP contribution in [0.1, 0.15) is 38.3 Å². The Hall–Kier alpha value is -2.18. The number of hydrogen-bond acceptors (Lipinski definition) is 7. The van der Waals surface area contributed by atoms with Gasteiger partial charge in [-0.1, -0.05) is 19.0 Å². The normalized spacial score (nSPS) is 10.7. The third kappa shape index (κ3) is 3.64. The molecule has 2 rings (SSSR count). The number of nitrogens with zero attached hydrogens (tertiary/aromatic N) is 4. The van der Waals surface area contributed by atoms with E-state index in [0.29, 0.717) is 12.4 Å². The van der Waals surface area contributed by atoms with Gasteiger partial charge in [0.1, 0.15) is 17.5 Å². The molecule has 2 aromatic heterocycles. The zero-order chi connectivity index (χ0) is 13.7. The topological polar surface area (TPSA) is 88.8 Å². The van der Waals surface area contributed by atoms with Crippen LogP contribution in [0.4, 0.5) is 11.6 Å². The second kappa shape index (κ2) is 6.12. The average Bonchev–Trinajstić information content (AvgIpc) is 2.89. The van der Waals surface area contributed by atoms with E-state index < -0.39 is 0 Å². The van der Waals surface area contributed by atoms with Crippen molar-refractivity contribution < 1.29 is 4.52 Å². The second-order valence-corrected chi connectivity index (χ2v) is 4.38. The van der Waals surface area contributed by atoms with Crippen LogP contribution in [-0.4, -0.2) is 26.7 Å². The number of aromatic nitrogens is 4. The summed E-state index contributed by atoms with van der Waals surface area (Å²) in [5.41, 5.74) is 0. The van der Waals surface area contributed by atoms with Crippen LogP contribution in [-0.2, 0) is 6.54 Å². The van der Waals surface area contributed by atoms with E-state index in [9.17, 15) is 0 Å². The van der Waals surface area contributed by atoms with Crippen molar-refractivity contribution in [1.82, 2.24) is 20.1 Å². The van der Waals surface area contributed by atoms with Gasteiger partial charge in [-0.05, 0) is 6.92 Å². The monoisotopic (exact) mass is 262 g/mol. The van der Waals surface area contributed by atoms with E-state index in [2.05, 4.69) is 49.1 Å². The summed E-state index contributed by atoms with van der Waals surface area (Å²) in [4.78, 5) is 12.9. The molecule has 0 spiro atoms. The van der Waals surface area contributed by atoms with Crippen LogP contribution < -0.4 is 10.6 Å². The molecule has 7 nitrogen and oxygen atoms in total. The van der Waals surface area contributed by atoms with Crippen LogP contribution in [0.2, 0.25) is 0 Å². The summed E-state index contributed by atoms with van der Waals surface area (Å²) in [7, 11) is 0. The summed E-state index contributed by atoms with van der Waals surface area (Å²) < 4.78 is 4.68. The number of nitrogens with one attached hydrogen (secondary N) is 2. The van der Waals surface area contributed by atoms with Crippen LogP contribution in [0.5, 0.6) is 0 Å². The first-order valence-corrected chi connectivity index (χ1v) is 6.31. The average molecular weight is 262 g/mol. The van der Waals surface area contributed by atoms with Crippen molar-refractivity contribution in [3.8, 4) is 0 Å². The van der Waals surface area contributed by atoms with Crippen molar-refractivity contribution in [3.05, 3.63) is 24.1 Å². The molecular formula is C12H18N6O. The molecule has 2 N–H and O–H groups in total. The third-order valence-electron chi connectivity index (χ3n) is 2.45. The fourth-order valence-corrected chi connectivity index (χ4v) is 1.53. The van der Waals surface area contributed by atoms with Crippen LogP contribution in [0.25, 0.3) is 0 Å². The summed E-state index contributed by atoms with van der Waals surface area (Å²) in [6.45, 7) is 7.45. The number of anilines is 2. The SMILES string of the molecule is CCNc1cc(NCc2ncon2)nc(C(C)C)n1. The minimum Gasteiger partial charge on any atom is -0.370 e. The Labute approximate surface area is 111 Å². The maximum absolute atomic E-state index is 4.68. The van der Waals surface area contributed by atoms with E-state index in [1.165, 1.54) is 6.39 Å². The standard InChI is InChI=1S/C12H18N6O/c1-4-13-9-5-10(17-12(16-9)8(2)3)14-6-11-15-7-19-18-11/h5,7-8H,4,6H2,1-3H3,(H2,13,14,16,17). The molecule has 0 radical (unpaired) electrons. The van der Waals surface area contributed by atoms with E-state index in [-0.39, 0.29) is 5.92 Å². The summed E-state index contributed by atoms with van der Waals surface area (Å²) in [5, 5.41) is 10.1. The first kappa shape index (κ1) is 13.3. The zero-order valence-electron chi connectivity index (χ0n) is 11.3. The molecule has 0 atom stereocenters. The molecule has 0 aliphatic rings. The van der Waals surface area contributed by atoms with Gasteiger partial charge in [-0.15, -0.1) is 0 Å². The Kier molecular flexibility index (Phi) is 4.27. The highest BCUT2D eigenvalue weighted by molar-refractivity contribution is 5.47. The van der Waals surface area contributed by atoms with Crippen molar-refractivity contribution in [2.75, 3.05) is 17.2 Å². The van der Waals surface area contributed by atoms with Gasteiger partial charge in [0.05, 0.1) is 6.54 Å². The van der Waals surface area contributed by atoms with E-state index in [1.54, 1.807) is 0 Å². The molecule has 0 saturated heterocycles. The Balaban J connectivity index is 2.13. The minimum atomic E-state index is 0.268. The lowest BCUT2D eigenvalue weighted by molar-refractivity contribution is 0.411. The smallest absolute Gasteiger partial charge is 0.213 e. The molecule has 0 aliphatic carbocycles. The predicted octanol–water partition coefficient (Wildman–Crippen LogP) is 2.03. The lowest BCUT2D eigenvalue weighted by atomic mass is 10.2. The molecule has 2 heterocycles. The molecule has 0 aliphatic heterocycles. The fraction of sp³-hybridized carbons (Fsp3) is 0.500. The summed E-state index contributed by atoms with van der Waals surface area (Å²) in [5.74, 6) is 3.23. The highest BCUT2D eigenvalue weighted by atomic mass is 16.5. The summed E-state index contributed by atoms with van der Waals surface area (Å²) >= 11 is 0. The van der Waals surface area contributed by atoms with E-state index in [4.69, 9.17) is 0 Å². The predicted molar refractivity (Wildman–Crippen MR) is 71.9 cm³/mol. The van der Waals surface area contributed by atoms with Crippen LogP contribution >= 0.6 is 0 Å². The lowest BCUT2D eigenvalue weighted by Gasteiger charge is -2.11. The highest BCUT2D eigenvalue weighted by Crippen LogP contribution is 2.17. The molecule has 7 heteroatoms. The maximum atomic E-state index is 4.68. The second-order valence-electron chi connectivity index (χ2n) is 4.38. The summed E-state index contributed by atoms with van der Waals surface area (Å²) in [6.07, 6.45) is 1.31. The number of rotatable bonds is 6. The van der Waals surface area contributed by atoms with Crippen molar-refractivity contribution in [2.45, 2.75) is 33.2 Å². The first-order chi connectivity index (χ1) is 9.19. The zero-order valence-corrected chi connectivity index (χ0v) is 11.3. The van der Waals surface area contributed by atoms with Gasteiger partial charge in [-0.25, -0.2) is 9.97 Å². The van der Waals surface area contributed by atoms with Gasteiger partial charge in [0.25, 0.3) is 0 Å². The molecule has 0 fully saturated rings. The molecule has 0 unspecified atom stereocenters. The van der Waals surface area contributed by atoms with Gasteiger partial charge in [-0.3, -0.25) is 0 Å². The van der Waals surface area contributed by atoms with E-state index >= 15 is 0 Å². The molecule has 102 valence electrons. The Morgan fingerprint density at radius 3 is 2.53 bits per heavy atom. The van der Waals surface area contributed by atoms with Crippen molar-refractivity contribution in [1.29, 1.82) is 0 Å². The first-order valence-electron chi connectivity index (χ1n) is 6.31. The molecule has 0 amide bonds. The summed E-state index contributed by atoms with van der Waals surface area (Å²) in [6, 6.07) is 1.87. The van der Waals surface area contributed by atoms with E-state index in [1.807, 2.05) is 13.0 Å². The van der Waals surface area contributed by atoms with Crippen molar-refractivity contribution in [3.63, 3.8) is 0 Å². The van der Waals surface area contributed by atoms with Crippen molar-refractivity contribution in [2.24, 2.45) is 0 Å². The minimum absolute atomic E-state index is 0.268. The van der Waals surface area contributed by atoms with Gasteiger partial charge >= 0.3 is 0 Å². The van der Waals surface area contributed by atoms with Crippen molar-refractivity contribution >= 4 is 11.6 Å². The molecule has 2 aromatic rings. The largest absolute Gasteiger partial charge is 0.370 e. The maximum Gasteiger partial charge on any atom is 0.213 e. The lowest BCUT2D eigenvalue weighted by Crippen LogP contribution is -2.09. The van der Waals surface area contributed by atoms with Crippen LogP contribution in [0.15, 0.2) is 17.0 Å². The Bertz CT molecular complexity index is 511. The third-order valence-corrected chi connectivity index (χ3v) is 2.45. The quantitative estimate of drug-likeness (QED) is 0.823. The van der Waals surface area contributed by atoms with Gasteiger partial charge in [0.2, 0.25) is 6.39 Å².